The Morgan fingerprint density at radius 2 is 2.19 bits per heavy atom. The zero-order chi connectivity index (χ0) is 11.4. The van der Waals surface area contributed by atoms with Crippen molar-refractivity contribution in [3.8, 4) is 0 Å². The van der Waals surface area contributed by atoms with Crippen molar-refractivity contribution in [1.82, 2.24) is 5.32 Å². The molecule has 2 rings (SSSR count). The summed E-state index contributed by atoms with van der Waals surface area (Å²) >= 11 is 2.03. The molecule has 0 amide bonds. The van der Waals surface area contributed by atoms with Crippen molar-refractivity contribution >= 4 is 11.8 Å². The molecule has 1 aromatic rings. The molecule has 1 fully saturated rings. The Bertz CT molecular complexity index is 319. The van der Waals surface area contributed by atoms with E-state index in [0.717, 1.165) is 12.5 Å². The molecule has 1 saturated heterocycles. The largest absolute Gasteiger partial charge is 0.319 e. The van der Waals surface area contributed by atoms with Crippen molar-refractivity contribution in [2.45, 2.75) is 12.3 Å². The SMILES string of the molecule is CNCC(c1ccc(F)cc1)C1CCSC1. The first-order valence-electron chi connectivity index (χ1n) is 5.79. The van der Waals surface area contributed by atoms with Crippen molar-refractivity contribution in [3.05, 3.63) is 35.6 Å². The van der Waals surface area contributed by atoms with Crippen molar-refractivity contribution in [3.63, 3.8) is 0 Å². The lowest BCUT2D eigenvalue weighted by molar-refractivity contribution is 0.452. The first kappa shape index (κ1) is 11.9. The molecule has 1 aromatic carbocycles. The molecule has 0 saturated carbocycles. The highest BCUT2D eigenvalue weighted by molar-refractivity contribution is 7.99. The Hall–Kier alpha value is -0.540. The van der Waals surface area contributed by atoms with E-state index < -0.39 is 0 Å². The lowest BCUT2D eigenvalue weighted by atomic mass is 9.85. The van der Waals surface area contributed by atoms with E-state index >= 15 is 0 Å². The highest BCUT2D eigenvalue weighted by atomic mass is 32.2. The van der Waals surface area contributed by atoms with Gasteiger partial charge in [0.05, 0.1) is 0 Å². The molecule has 1 heterocycles. The minimum Gasteiger partial charge on any atom is -0.319 e. The van der Waals surface area contributed by atoms with Crippen LogP contribution < -0.4 is 5.32 Å². The normalized spacial score (nSPS) is 22.2. The molecule has 88 valence electrons. The number of thioether (sulfide) groups is 1. The van der Waals surface area contributed by atoms with Gasteiger partial charge in [-0.25, -0.2) is 4.39 Å². The molecule has 2 unspecified atom stereocenters. The quantitative estimate of drug-likeness (QED) is 0.867. The summed E-state index contributed by atoms with van der Waals surface area (Å²) in [5.74, 6) is 3.63. The number of halogens is 1. The Morgan fingerprint density at radius 1 is 1.44 bits per heavy atom. The first-order valence-corrected chi connectivity index (χ1v) is 6.94. The average molecular weight is 239 g/mol. The summed E-state index contributed by atoms with van der Waals surface area (Å²) in [6, 6.07) is 7.00. The Morgan fingerprint density at radius 3 is 2.75 bits per heavy atom. The van der Waals surface area contributed by atoms with Gasteiger partial charge in [-0.3, -0.25) is 0 Å². The molecule has 3 heteroatoms. The fourth-order valence-corrected chi connectivity index (χ4v) is 3.69. The van der Waals surface area contributed by atoms with Crippen LogP contribution in [0.25, 0.3) is 0 Å². The van der Waals surface area contributed by atoms with Crippen LogP contribution in [-0.2, 0) is 0 Å². The standard InChI is InChI=1S/C13H18FNS/c1-15-8-13(11-6-7-16-9-11)10-2-4-12(14)5-3-10/h2-5,11,13,15H,6-9H2,1H3. The van der Waals surface area contributed by atoms with Crippen LogP contribution in [0.3, 0.4) is 0 Å². The molecule has 1 N–H and O–H groups in total. The van der Waals surface area contributed by atoms with Crippen LogP contribution in [0.1, 0.15) is 17.9 Å². The minimum atomic E-state index is -0.146. The number of likely N-dealkylation sites (N-methyl/N-ethyl adjacent to an activating group) is 1. The summed E-state index contributed by atoms with van der Waals surface area (Å²) in [7, 11) is 1.98. The fourth-order valence-electron chi connectivity index (χ4n) is 2.36. The fraction of sp³-hybridized carbons (Fsp3) is 0.538. The van der Waals surface area contributed by atoms with Crippen molar-refractivity contribution in [2.75, 3.05) is 25.1 Å². The monoisotopic (exact) mass is 239 g/mol. The van der Waals surface area contributed by atoms with E-state index in [1.54, 1.807) is 12.1 Å². The summed E-state index contributed by atoms with van der Waals surface area (Å²) < 4.78 is 12.9. The van der Waals surface area contributed by atoms with Gasteiger partial charge in [0, 0.05) is 6.54 Å². The van der Waals surface area contributed by atoms with Gasteiger partial charge in [-0.1, -0.05) is 12.1 Å². The van der Waals surface area contributed by atoms with Crippen LogP contribution in [0.15, 0.2) is 24.3 Å². The Balaban J connectivity index is 2.14. The van der Waals surface area contributed by atoms with E-state index in [2.05, 4.69) is 5.32 Å². The van der Waals surface area contributed by atoms with Gasteiger partial charge in [-0.2, -0.15) is 11.8 Å². The number of rotatable bonds is 4. The summed E-state index contributed by atoms with van der Waals surface area (Å²) in [6.45, 7) is 0.983. The second kappa shape index (κ2) is 5.69. The number of nitrogens with one attached hydrogen (secondary N) is 1. The topological polar surface area (TPSA) is 12.0 Å². The lowest BCUT2D eigenvalue weighted by Gasteiger charge is -2.23. The van der Waals surface area contributed by atoms with E-state index in [1.807, 2.05) is 30.9 Å². The molecule has 1 aliphatic rings. The molecule has 16 heavy (non-hydrogen) atoms. The molecule has 0 bridgehead atoms. The summed E-state index contributed by atoms with van der Waals surface area (Å²) in [4.78, 5) is 0. The summed E-state index contributed by atoms with van der Waals surface area (Å²) in [5.41, 5.74) is 1.27. The Labute approximate surface area is 101 Å². The van der Waals surface area contributed by atoms with Gasteiger partial charge in [0.1, 0.15) is 5.82 Å². The third-order valence-electron chi connectivity index (χ3n) is 3.26. The second-order valence-corrected chi connectivity index (χ2v) is 5.49. The molecule has 0 aliphatic carbocycles. The maximum Gasteiger partial charge on any atom is 0.123 e. The zero-order valence-electron chi connectivity index (χ0n) is 9.58. The Kier molecular flexibility index (Phi) is 4.24. The van der Waals surface area contributed by atoms with Crippen LogP contribution in [0.5, 0.6) is 0 Å². The van der Waals surface area contributed by atoms with E-state index in [9.17, 15) is 4.39 Å². The van der Waals surface area contributed by atoms with Crippen molar-refractivity contribution in [1.29, 1.82) is 0 Å². The number of hydrogen-bond donors (Lipinski definition) is 1. The van der Waals surface area contributed by atoms with E-state index in [0.29, 0.717) is 5.92 Å². The molecule has 0 radical (unpaired) electrons. The van der Waals surface area contributed by atoms with Crippen LogP contribution >= 0.6 is 11.8 Å². The van der Waals surface area contributed by atoms with Crippen LogP contribution in [-0.4, -0.2) is 25.1 Å². The maximum atomic E-state index is 12.9. The van der Waals surface area contributed by atoms with Gasteiger partial charge in [-0.05, 0) is 54.5 Å². The molecule has 2 atom stereocenters. The van der Waals surface area contributed by atoms with Gasteiger partial charge in [0.2, 0.25) is 0 Å². The predicted molar refractivity (Wildman–Crippen MR) is 68.5 cm³/mol. The number of hydrogen-bond acceptors (Lipinski definition) is 2. The van der Waals surface area contributed by atoms with Crippen LogP contribution in [0.4, 0.5) is 4.39 Å². The van der Waals surface area contributed by atoms with Crippen molar-refractivity contribution < 1.29 is 4.39 Å². The molecule has 1 aliphatic heterocycles. The van der Waals surface area contributed by atoms with Crippen molar-refractivity contribution in [2.24, 2.45) is 5.92 Å². The third-order valence-corrected chi connectivity index (χ3v) is 4.44. The van der Waals surface area contributed by atoms with E-state index in [1.165, 1.54) is 23.5 Å². The van der Waals surface area contributed by atoms with Gasteiger partial charge in [0.25, 0.3) is 0 Å². The molecular weight excluding hydrogens is 221 g/mol. The van der Waals surface area contributed by atoms with E-state index in [4.69, 9.17) is 0 Å². The van der Waals surface area contributed by atoms with Crippen LogP contribution in [0.2, 0.25) is 0 Å². The minimum absolute atomic E-state index is 0.146. The smallest absolute Gasteiger partial charge is 0.123 e. The predicted octanol–water partition coefficient (Wildman–Crippen LogP) is 2.88. The van der Waals surface area contributed by atoms with Gasteiger partial charge < -0.3 is 5.32 Å². The van der Waals surface area contributed by atoms with Gasteiger partial charge in [-0.15, -0.1) is 0 Å². The lowest BCUT2D eigenvalue weighted by Crippen LogP contribution is -2.24. The number of benzene rings is 1. The molecular formula is C13H18FNS. The van der Waals surface area contributed by atoms with Gasteiger partial charge >= 0.3 is 0 Å². The molecule has 0 aromatic heterocycles. The molecule has 0 spiro atoms. The van der Waals surface area contributed by atoms with Crippen LogP contribution in [0, 0.1) is 11.7 Å². The highest BCUT2D eigenvalue weighted by Crippen LogP contribution is 2.35. The second-order valence-electron chi connectivity index (χ2n) is 4.34. The van der Waals surface area contributed by atoms with Gasteiger partial charge in [0.15, 0.2) is 0 Å². The first-order chi connectivity index (χ1) is 7.81. The molecule has 1 nitrogen and oxygen atoms in total. The maximum absolute atomic E-state index is 12.9. The van der Waals surface area contributed by atoms with E-state index in [-0.39, 0.29) is 5.82 Å². The summed E-state index contributed by atoms with van der Waals surface area (Å²) in [5, 5.41) is 3.25. The summed E-state index contributed by atoms with van der Waals surface area (Å²) in [6.07, 6.45) is 1.29. The highest BCUT2D eigenvalue weighted by Gasteiger charge is 2.26. The zero-order valence-corrected chi connectivity index (χ0v) is 10.4. The third kappa shape index (κ3) is 2.77. The average Bonchev–Trinajstić information content (AvgIpc) is 2.81.